The predicted molar refractivity (Wildman–Crippen MR) is 86.4 cm³/mol. The van der Waals surface area contributed by atoms with Gasteiger partial charge in [0.05, 0.1) is 0 Å². The van der Waals surface area contributed by atoms with Gasteiger partial charge in [-0.15, -0.1) is 0 Å². The van der Waals surface area contributed by atoms with Crippen molar-refractivity contribution in [2.75, 3.05) is 0 Å². The van der Waals surface area contributed by atoms with Gasteiger partial charge in [0.2, 0.25) is 11.8 Å². The maximum absolute atomic E-state index is 12.2. The molecular formula is C17H21N3O4. The number of hydrogen-bond acceptors (Lipinski definition) is 4. The van der Waals surface area contributed by atoms with E-state index in [9.17, 15) is 14.4 Å². The summed E-state index contributed by atoms with van der Waals surface area (Å²) in [6, 6.07) is 4.53. The first kappa shape index (κ1) is 16.3. The number of carbonyl (C=O) groups is 3. The zero-order valence-electron chi connectivity index (χ0n) is 13.8. The van der Waals surface area contributed by atoms with Crippen molar-refractivity contribution in [1.82, 2.24) is 16.0 Å². The summed E-state index contributed by atoms with van der Waals surface area (Å²) in [5.41, 5.74) is 1.90. The number of imide groups is 1. The highest BCUT2D eigenvalue weighted by molar-refractivity contribution is 5.98. The van der Waals surface area contributed by atoms with Crippen molar-refractivity contribution in [3.05, 3.63) is 29.3 Å². The van der Waals surface area contributed by atoms with Crippen molar-refractivity contribution in [2.24, 2.45) is 0 Å². The molecule has 1 atom stereocenters. The van der Waals surface area contributed by atoms with Gasteiger partial charge in [-0.25, -0.2) is 4.79 Å². The lowest BCUT2D eigenvalue weighted by molar-refractivity contribution is -0.123. The number of urea groups is 1. The Balaban J connectivity index is 1.59. The van der Waals surface area contributed by atoms with Gasteiger partial charge in [0.1, 0.15) is 17.4 Å². The summed E-state index contributed by atoms with van der Waals surface area (Å²) >= 11 is 0. The van der Waals surface area contributed by atoms with Crippen molar-refractivity contribution in [1.29, 1.82) is 0 Å². The third kappa shape index (κ3) is 3.67. The van der Waals surface area contributed by atoms with Crippen LogP contribution in [0.2, 0.25) is 0 Å². The zero-order valence-corrected chi connectivity index (χ0v) is 13.8. The Morgan fingerprint density at radius 3 is 2.96 bits per heavy atom. The van der Waals surface area contributed by atoms with Crippen LogP contribution in [0.5, 0.6) is 5.75 Å². The second kappa shape index (κ2) is 6.14. The summed E-state index contributed by atoms with van der Waals surface area (Å²) in [4.78, 5) is 34.9. The molecule has 0 aliphatic carbocycles. The molecular weight excluding hydrogens is 310 g/mol. The molecule has 0 spiro atoms. The van der Waals surface area contributed by atoms with E-state index in [2.05, 4.69) is 16.0 Å². The second-order valence-corrected chi connectivity index (χ2v) is 6.81. The summed E-state index contributed by atoms with van der Waals surface area (Å²) in [5.74, 6) is 0.219. The van der Waals surface area contributed by atoms with Crippen LogP contribution >= 0.6 is 0 Å². The molecule has 1 unspecified atom stereocenters. The lowest BCUT2D eigenvalue weighted by atomic mass is 10.0. The lowest BCUT2D eigenvalue weighted by Gasteiger charge is -2.16. The van der Waals surface area contributed by atoms with Crippen LogP contribution in [0.25, 0.3) is 0 Å². The lowest BCUT2D eigenvalue weighted by Crippen LogP contribution is -2.48. The Bertz CT molecular complexity index is 699. The van der Waals surface area contributed by atoms with Gasteiger partial charge in [-0.2, -0.15) is 0 Å². The minimum atomic E-state index is -0.701. The molecule has 1 aromatic rings. The SMILES string of the molecule is CC1(C)Cc2cc(CNC(=O)C3CCC(=O)NC(=O)N3)ccc2O1. The molecule has 1 saturated heterocycles. The van der Waals surface area contributed by atoms with Gasteiger partial charge in [-0.05, 0) is 37.5 Å². The number of rotatable bonds is 3. The van der Waals surface area contributed by atoms with Crippen LogP contribution in [0, 0.1) is 0 Å². The van der Waals surface area contributed by atoms with E-state index >= 15 is 0 Å². The van der Waals surface area contributed by atoms with E-state index in [0.29, 0.717) is 6.54 Å². The molecule has 2 aliphatic heterocycles. The van der Waals surface area contributed by atoms with E-state index < -0.39 is 12.1 Å². The molecule has 3 rings (SSSR count). The van der Waals surface area contributed by atoms with E-state index in [1.54, 1.807) is 0 Å². The molecule has 2 heterocycles. The summed E-state index contributed by atoms with van der Waals surface area (Å²) in [6.07, 6.45) is 1.26. The fourth-order valence-corrected chi connectivity index (χ4v) is 3.01. The Labute approximate surface area is 140 Å². The van der Waals surface area contributed by atoms with Crippen LogP contribution in [-0.2, 0) is 22.6 Å². The molecule has 4 amide bonds. The maximum Gasteiger partial charge on any atom is 0.322 e. The van der Waals surface area contributed by atoms with Crippen molar-refractivity contribution in [3.63, 3.8) is 0 Å². The van der Waals surface area contributed by atoms with Crippen LogP contribution in [0.15, 0.2) is 18.2 Å². The van der Waals surface area contributed by atoms with E-state index in [1.165, 1.54) is 0 Å². The second-order valence-electron chi connectivity index (χ2n) is 6.81. The topological polar surface area (TPSA) is 96.5 Å². The number of nitrogens with one attached hydrogen (secondary N) is 3. The first-order valence-electron chi connectivity index (χ1n) is 8.01. The molecule has 0 bridgehead atoms. The minimum absolute atomic E-state index is 0.141. The number of hydrogen-bond donors (Lipinski definition) is 3. The Morgan fingerprint density at radius 2 is 2.17 bits per heavy atom. The zero-order chi connectivity index (χ0) is 17.3. The van der Waals surface area contributed by atoms with Gasteiger partial charge in [-0.1, -0.05) is 12.1 Å². The molecule has 0 saturated carbocycles. The Morgan fingerprint density at radius 1 is 1.38 bits per heavy atom. The summed E-state index contributed by atoms with van der Waals surface area (Å²) in [5, 5.41) is 7.46. The highest BCUT2D eigenvalue weighted by Crippen LogP contribution is 2.35. The van der Waals surface area contributed by atoms with Crippen LogP contribution in [0.1, 0.15) is 37.8 Å². The van der Waals surface area contributed by atoms with Gasteiger partial charge >= 0.3 is 6.03 Å². The molecule has 1 fully saturated rings. The molecule has 128 valence electrons. The van der Waals surface area contributed by atoms with Crippen LogP contribution in [0.4, 0.5) is 4.79 Å². The first-order chi connectivity index (χ1) is 11.3. The molecule has 1 aromatic carbocycles. The Kier molecular flexibility index (Phi) is 4.17. The van der Waals surface area contributed by atoms with Crippen LogP contribution in [-0.4, -0.2) is 29.5 Å². The fraction of sp³-hybridized carbons (Fsp3) is 0.471. The van der Waals surface area contributed by atoms with Crippen molar-refractivity contribution in [2.45, 2.75) is 51.3 Å². The van der Waals surface area contributed by atoms with E-state index in [0.717, 1.165) is 23.3 Å². The van der Waals surface area contributed by atoms with Crippen molar-refractivity contribution >= 4 is 17.8 Å². The number of ether oxygens (including phenoxy) is 1. The quantitative estimate of drug-likeness (QED) is 0.770. The summed E-state index contributed by atoms with van der Waals surface area (Å²) in [6.45, 7) is 4.44. The van der Waals surface area contributed by atoms with E-state index in [4.69, 9.17) is 4.74 Å². The van der Waals surface area contributed by atoms with Gasteiger partial charge in [0, 0.05) is 19.4 Å². The average molecular weight is 331 g/mol. The van der Waals surface area contributed by atoms with E-state index in [1.807, 2.05) is 32.0 Å². The summed E-state index contributed by atoms with van der Waals surface area (Å²) in [7, 11) is 0. The Hall–Kier alpha value is -2.57. The third-order valence-electron chi connectivity index (χ3n) is 4.13. The molecule has 24 heavy (non-hydrogen) atoms. The highest BCUT2D eigenvalue weighted by Gasteiger charge is 2.30. The monoisotopic (exact) mass is 331 g/mol. The largest absolute Gasteiger partial charge is 0.487 e. The normalized spacial score (nSPS) is 21.8. The molecule has 7 nitrogen and oxygen atoms in total. The molecule has 0 radical (unpaired) electrons. The van der Waals surface area contributed by atoms with Gasteiger partial charge in [0.25, 0.3) is 0 Å². The summed E-state index contributed by atoms with van der Waals surface area (Å²) < 4.78 is 5.83. The minimum Gasteiger partial charge on any atom is -0.487 e. The molecule has 2 aliphatic rings. The molecule has 3 N–H and O–H groups in total. The van der Waals surface area contributed by atoms with Gasteiger partial charge in [0.15, 0.2) is 0 Å². The number of fused-ring (bicyclic) bond motifs is 1. The standard InChI is InChI=1S/C17H21N3O4/c1-17(2)8-11-7-10(3-5-13(11)24-17)9-18-15(22)12-4-6-14(21)20-16(23)19-12/h3,5,7,12H,4,6,8-9H2,1-2H3,(H,18,22)(H2,19,20,21,23). The number of amides is 4. The van der Waals surface area contributed by atoms with Crippen molar-refractivity contribution < 1.29 is 19.1 Å². The van der Waals surface area contributed by atoms with Crippen molar-refractivity contribution in [3.8, 4) is 5.75 Å². The smallest absolute Gasteiger partial charge is 0.322 e. The van der Waals surface area contributed by atoms with Gasteiger partial charge in [-0.3, -0.25) is 14.9 Å². The first-order valence-corrected chi connectivity index (χ1v) is 8.01. The average Bonchev–Trinajstić information content (AvgIpc) is 2.70. The molecule has 0 aromatic heterocycles. The fourth-order valence-electron chi connectivity index (χ4n) is 3.01. The van der Waals surface area contributed by atoms with Crippen LogP contribution in [0.3, 0.4) is 0 Å². The number of carbonyl (C=O) groups excluding carboxylic acids is 3. The maximum atomic E-state index is 12.2. The van der Waals surface area contributed by atoms with Gasteiger partial charge < -0.3 is 15.4 Å². The van der Waals surface area contributed by atoms with Crippen LogP contribution < -0.4 is 20.7 Å². The number of benzene rings is 1. The highest BCUT2D eigenvalue weighted by atomic mass is 16.5. The van der Waals surface area contributed by atoms with E-state index in [-0.39, 0.29) is 30.3 Å². The third-order valence-corrected chi connectivity index (χ3v) is 4.13. The molecule has 7 heteroatoms. The predicted octanol–water partition coefficient (Wildman–Crippen LogP) is 1.00.